The summed E-state index contributed by atoms with van der Waals surface area (Å²) in [4.78, 5) is 26.8. The predicted octanol–water partition coefficient (Wildman–Crippen LogP) is 1.22. The van der Waals surface area contributed by atoms with Crippen LogP contribution < -0.4 is 5.32 Å². The number of hydrogen-bond acceptors (Lipinski definition) is 3. The van der Waals surface area contributed by atoms with Gasteiger partial charge in [-0.2, -0.15) is 0 Å². The van der Waals surface area contributed by atoms with E-state index in [1.54, 1.807) is 18.7 Å². The number of amides is 2. The molecule has 0 aromatic carbocycles. The van der Waals surface area contributed by atoms with E-state index in [1.807, 2.05) is 0 Å². The van der Waals surface area contributed by atoms with Crippen molar-refractivity contribution in [2.24, 2.45) is 5.92 Å². The maximum absolute atomic E-state index is 12.1. The normalized spacial score (nSPS) is 17.4. The van der Waals surface area contributed by atoms with Gasteiger partial charge in [0.05, 0.1) is 6.42 Å². The molecule has 20 heavy (non-hydrogen) atoms. The lowest BCUT2D eigenvalue weighted by molar-refractivity contribution is -0.138. The first-order valence-electron chi connectivity index (χ1n) is 7.13. The third kappa shape index (κ3) is 5.77. The third-order valence-electron chi connectivity index (χ3n) is 3.56. The maximum atomic E-state index is 12.1. The summed E-state index contributed by atoms with van der Waals surface area (Å²) < 4.78 is 0. The molecule has 0 aromatic heterocycles. The van der Waals surface area contributed by atoms with Crippen molar-refractivity contribution < 1.29 is 14.7 Å². The highest BCUT2D eigenvalue weighted by Crippen LogP contribution is 2.18. The standard InChI is InChI=1S/C14H27N3O3/c1-14(2,9-12(18)19)15-13(20)17-7-5-11(6-8-17)10-16(3)4/h11H,5-10H2,1-4H3,(H,15,20)(H,18,19). The highest BCUT2D eigenvalue weighted by molar-refractivity contribution is 5.76. The van der Waals surface area contributed by atoms with E-state index in [0.29, 0.717) is 5.92 Å². The largest absolute Gasteiger partial charge is 0.481 e. The fourth-order valence-electron chi connectivity index (χ4n) is 2.63. The van der Waals surface area contributed by atoms with E-state index in [4.69, 9.17) is 5.11 Å². The Kier molecular flexibility index (Phi) is 5.80. The Balaban J connectivity index is 2.41. The average molecular weight is 285 g/mol. The SMILES string of the molecule is CN(C)CC1CCN(C(=O)NC(C)(C)CC(=O)O)CC1. The summed E-state index contributed by atoms with van der Waals surface area (Å²) in [7, 11) is 4.13. The number of nitrogens with one attached hydrogen (secondary N) is 1. The zero-order chi connectivity index (χ0) is 15.3. The van der Waals surface area contributed by atoms with Gasteiger partial charge in [-0.25, -0.2) is 4.79 Å². The monoisotopic (exact) mass is 285 g/mol. The Labute approximate surface area is 121 Å². The first kappa shape index (κ1) is 16.8. The minimum absolute atomic E-state index is 0.0736. The molecule has 1 heterocycles. The highest BCUT2D eigenvalue weighted by atomic mass is 16.4. The number of nitrogens with zero attached hydrogens (tertiary/aromatic N) is 2. The second kappa shape index (κ2) is 6.92. The van der Waals surface area contributed by atoms with E-state index < -0.39 is 11.5 Å². The summed E-state index contributed by atoms with van der Waals surface area (Å²) in [5, 5.41) is 11.6. The molecule has 1 rings (SSSR count). The molecule has 2 amide bonds. The van der Waals surface area contributed by atoms with Gasteiger partial charge in [0, 0.05) is 25.2 Å². The van der Waals surface area contributed by atoms with Gasteiger partial charge in [0.1, 0.15) is 0 Å². The molecule has 6 nitrogen and oxygen atoms in total. The van der Waals surface area contributed by atoms with Gasteiger partial charge in [-0.1, -0.05) is 0 Å². The van der Waals surface area contributed by atoms with Crippen LogP contribution in [0.25, 0.3) is 0 Å². The molecule has 1 fully saturated rings. The van der Waals surface area contributed by atoms with Crippen molar-refractivity contribution in [1.82, 2.24) is 15.1 Å². The zero-order valence-corrected chi connectivity index (χ0v) is 13.0. The smallest absolute Gasteiger partial charge is 0.317 e. The van der Waals surface area contributed by atoms with Gasteiger partial charge in [0.25, 0.3) is 0 Å². The number of likely N-dealkylation sites (tertiary alicyclic amines) is 1. The highest BCUT2D eigenvalue weighted by Gasteiger charge is 2.28. The number of aliphatic carboxylic acids is 1. The Hall–Kier alpha value is -1.30. The summed E-state index contributed by atoms with van der Waals surface area (Å²) >= 11 is 0. The average Bonchev–Trinajstić information content (AvgIpc) is 2.26. The van der Waals surface area contributed by atoms with Crippen LogP contribution >= 0.6 is 0 Å². The molecule has 0 radical (unpaired) electrons. The van der Waals surface area contributed by atoms with Gasteiger partial charge in [-0.05, 0) is 46.7 Å². The lowest BCUT2D eigenvalue weighted by atomic mass is 9.96. The number of rotatable bonds is 5. The summed E-state index contributed by atoms with van der Waals surface area (Å²) in [6.45, 7) is 6.01. The molecule has 0 bridgehead atoms. The minimum Gasteiger partial charge on any atom is -0.481 e. The Morgan fingerprint density at radius 2 is 1.85 bits per heavy atom. The quantitative estimate of drug-likeness (QED) is 0.796. The van der Waals surface area contributed by atoms with Crippen LogP contribution in [0, 0.1) is 5.92 Å². The van der Waals surface area contributed by atoms with Gasteiger partial charge in [-0.15, -0.1) is 0 Å². The molecule has 1 aliphatic heterocycles. The molecular formula is C14H27N3O3. The van der Waals surface area contributed by atoms with Crippen LogP contribution in [0.15, 0.2) is 0 Å². The van der Waals surface area contributed by atoms with Crippen LogP contribution in [0.5, 0.6) is 0 Å². The number of carboxylic acid groups (broad SMARTS) is 1. The molecule has 116 valence electrons. The molecule has 0 atom stereocenters. The molecule has 0 saturated carbocycles. The Morgan fingerprint density at radius 1 is 1.30 bits per heavy atom. The molecule has 1 saturated heterocycles. The van der Waals surface area contributed by atoms with Gasteiger partial charge in [0.15, 0.2) is 0 Å². The van der Waals surface area contributed by atoms with E-state index in [0.717, 1.165) is 32.5 Å². The van der Waals surface area contributed by atoms with Crippen molar-refractivity contribution >= 4 is 12.0 Å². The first-order valence-corrected chi connectivity index (χ1v) is 7.13. The fraction of sp³-hybridized carbons (Fsp3) is 0.857. The van der Waals surface area contributed by atoms with Gasteiger partial charge < -0.3 is 20.2 Å². The van der Waals surface area contributed by atoms with Gasteiger partial charge in [-0.3, -0.25) is 4.79 Å². The summed E-state index contributed by atoms with van der Waals surface area (Å²) in [6, 6.07) is -0.153. The number of carbonyl (C=O) groups is 2. The zero-order valence-electron chi connectivity index (χ0n) is 13.0. The van der Waals surface area contributed by atoms with Crippen LogP contribution in [-0.2, 0) is 4.79 Å². The lowest BCUT2D eigenvalue weighted by Crippen LogP contribution is -2.53. The molecule has 0 aliphatic carbocycles. The predicted molar refractivity (Wildman–Crippen MR) is 77.7 cm³/mol. The van der Waals surface area contributed by atoms with Crippen molar-refractivity contribution in [3.8, 4) is 0 Å². The van der Waals surface area contributed by atoms with Crippen LogP contribution in [0.1, 0.15) is 33.1 Å². The molecule has 1 aliphatic rings. The Bertz CT molecular complexity index is 348. The topological polar surface area (TPSA) is 72.9 Å². The molecule has 6 heteroatoms. The van der Waals surface area contributed by atoms with E-state index >= 15 is 0 Å². The van der Waals surface area contributed by atoms with Crippen molar-refractivity contribution in [2.75, 3.05) is 33.7 Å². The molecule has 2 N–H and O–H groups in total. The lowest BCUT2D eigenvalue weighted by Gasteiger charge is -2.35. The number of carbonyl (C=O) groups excluding carboxylic acids is 1. The fourth-order valence-corrected chi connectivity index (χ4v) is 2.63. The first-order chi connectivity index (χ1) is 9.19. The number of carboxylic acids is 1. The minimum atomic E-state index is -0.903. The molecule has 0 unspecified atom stereocenters. The summed E-state index contributed by atoms with van der Waals surface area (Å²) in [6.07, 6.45) is 1.94. The molecule has 0 aromatic rings. The van der Waals surface area contributed by atoms with E-state index in [9.17, 15) is 9.59 Å². The van der Waals surface area contributed by atoms with Crippen LogP contribution in [0.3, 0.4) is 0 Å². The van der Waals surface area contributed by atoms with Crippen LogP contribution in [0.2, 0.25) is 0 Å². The van der Waals surface area contributed by atoms with E-state index in [-0.39, 0.29) is 12.5 Å². The molecule has 0 spiro atoms. The van der Waals surface area contributed by atoms with Crippen LogP contribution in [-0.4, -0.2) is 66.2 Å². The van der Waals surface area contributed by atoms with Crippen molar-refractivity contribution in [3.05, 3.63) is 0 Å². The van der Waals surface area contributed by atoms with Gasteiger partial charge in [0.2, 0.25) is 0 Å². The van der Waals surface area contributed by atoms with Crippen molar-refractivity contribution in [1.29, 1.82) is 0 Å². The van der Waals surface area contributed by atoms with Crippen molar-refractivity contribution in [3.63, 3.8) is 0 Å². The summed E-state index contributed by atoms with van der Waals surface area (Å²) in [5.41, 5.74) is -0.719. The van der Waals surface area contributed by atoms with E-state index in [1.165, 1.54) is 0 Å². The van der Waals surface area contributed by atoms with Crippen LogP contribution in [0.4, 0.5) is 4.79 Å². The molecular weight excluding hydrogens is 258 g/mol. The van der Waals surface area contributed by atoms with Gasteiger partial charge >= 0.3 is 12.0 Å². The number of piperidine rings is 1. The number of urea groups is 1. The van der Waals surface area contributed by atoms with Crippen molar-refractivity contribution in [2.45, 2.75) is 38.6 Å². The maximum Gasteiger partial charge on any atom is 0.317 e. The number of hydrogen-bond donors (Lipinski definition) is 2. The van der Waals surface area contributed by atoms with E-state index in [2.05, 4.69) is 24.3 Å². The second-order valence-corrected chi connectivity index (χ2v) is 6.58. The second-order valence-electron chi connectivity index (χ2n) is 6.58. The Morgan fingerprint density at radius 3 is 2.30 bits per heavy atom. The third-order valence-corrected chi connectivity index (χ3v) is 3.56. The summed E-state index contributed by atoms with van der Waals surface area (Å²) in [5.74, 6) is -0.263.